The SMILES string of the molecule is CCN(c1ccc(N)cc1)S(=O)(=O)c1ccc(C#N)s1. The number of nitrogen functional groups attached to an aromatic ring is 1. The number of nitrogens with zero attached hydrogens (tertiary/aromatic N) is 2. The second kappa shape index (κ2) is 5.53. The number of hydrogen-bond acceptors (Lipinski definition) is 5. The minimum Gasteiger partial charge on any atom is -0.399 e. The summed E-state index contributed by atoms with van der Waals surface area (Å²) in [7, 11) is -3.65. The number of rotatable bonds is 4. The quantitative estimate of drug-likeness (QED) is 0.879. The predicted molar refractivity (Wildman–Crippen MR) is 80.1 cm³/mol. The Balaban J connectivity index is 2.45. The molecule has 0 saturated heterocycles. The highest BCUT2D eigenvalue weighted by atomic mass is 32.2. The monoisotopic (exact) mass is 307 g/mol. The third kappa shape index (κ3) is 2.61. The van der Waals surface area contributed by atoms with E-state index in [2.05, 4.69) is 0 Å². The Bertz CT molecular complexity index is 743. The molecule has 2 N–H and O–H groups in total. The molecule has 2 aromatic rings. The lowest BCUT2D eigenvalue weighted by atomic mass is 10.3. The molecule has 2 rings (SSSR count). The topological polar surface area (TPSA) is 87.2 Å². The van der Waals surface area contributed by atoms with Crippen molar-refractivity contribution in [3.8, 4) is 6.07 Å². The number of hydrogen-bond donors (Lipinski definition) is 1. The standard InChI is InChI=1S/C13H13N3O2S2/c1-2-16(11-5-3-10(15)4-6-11)20(17,18)13-8-7-12(9-14)19-13/h3-8H,2,15H2,1H3. The van der Waals surface area contributed by atoms with Gasteiger partial charge in [0.1, 0.15) is 15.2 Å². The Labute approximate surface area is 121 Å². The van der Waals surface area contributed by atoms with Crippen LogP contribution in [0.5, 0.6) is 0 Å². The minimum absolute atomic E-state index is 0.160. The lowest BCUT2D eigenvalue weighted by Gasteiger charge is -2.22. The van der Waals surface area contributed by atoms with Gasteiger partial charge in [-0.05, 0) is 43.3 Å². The van der Waals surface area contributed by atoms with E-state index in [1.165, 1.54) is 16.4 Å². The van der Waals surface area contributed by atoms with Crippen molar-refractivity contribution >= 4 is 32.7 Å². The maximum atomic E-state index is 12.6. The van der Waals surface area contributed by atoms with Crippen molar-refractivity contribution in [3.63, 3.8) is 0 Å². The van der Waals surface area contributed by atoms with E-state index in [0.717, 1.165) is 11.3 Å². The number of sulfonamides is 1. The van der Waals surface area contributed by atoms with Crippen molar-refractivity contribution < 1.29 is 8.42 Å². The van der Waals surface area contributed by atoms with Gasteiger partial charge in [0.2, 0.25) is 0 Å². The first-order valence-electron chi connectivity index (χ1n) is 5.87. The molecule has 7 heteroatoms. The summed E-state index contributed by atoms with van der Waals surface area (Å²) in [5.74, 6) is 0. The van der Waals surface area contributed by atoms with Crippen molar-refractivity contribution in [1.29, 1.82) is 5.26 Å². The maximum absolute atomic E-state index is 12.6. The molecule has 1 heterocycles. The average Bonchev–Trinajstić information content (AvgIpc) is 2.91. The van der Waals surface area contributed by atoms with Gasteiger partial charge in [-0.15, -0.1) is 11.3 Å². The van der Waals surface area contributed by atoms with Gasteiger partial charge < -0.3 is 5.73 Å². The normalized spacial score (nSPS) is 11.0. The first-order valence-corrected chi connectivity index (χ1v) is 8.13. The number of anilines is 2. The molecule has 0 bridgehead atoms. The fourth-order valence-corrected chi connectivity index (χ4v) is 4.45. The summed E-state index contributed by atoms with van der Waals surface area (Å²) in [6.45, 7) is 2.05. The number of nitriles is 1. The third-order valence-corrected chi connectivity index (χ3v) is 6.06. The maximum Gasteiger partial charge on any atom is 0.273 e. The predicted octanol–water partition coefficient (Wildman–Crippen LogP) is 2.42. The summed E-state index contributed by atoms with van der Waals surface area (Å²) in [6, 6.07) is 11.5. The van der Waals surface area contributed by atoms with Crippen LogP contribution in [-0.4, -0.2) is 15.0 Å². The number of benzene rings is 1. The van der Waals surface area contributed by atoms with Crippen molar-refractivity contribution in [2.75, 3.05) is 16.6 Å². The summed E-state index contributed by atoms with van der Waals surface area (Å²) >= 11 is 0.966. The Morgan fingerprint density at radius 1 is 1.25 bits per heavy atom. The van der Waals surface area contributed by atoms with Crippen LogP contribution in [0, 0.1) is 11.3 Å². The summed E-state index contributed by atoms with van der Waals surface area (Å²) in [5.41, 5.74) is 6.73. The Kier molecular flexibility index (Phi) is 3.97. The van der Waals surface area contributed by atoms with Crippen LogP contribution in [0.2, 0.25) is 0 Å². The first-order chi connectivity index (χ1) is 9.48. The van der Waals surface area contributed by atoms with Gasteiger partial charge in [-0.3, -0.25) is 4.31 Å². The van der Waals surface area contributed by atoms with Crippen LogP contribution in [0.3, 0.4) is 0 Å². The van der Waals surface area contributed by atoms with Gasteiger partial charge in [-0.25, -0.2) is 8.42 Å². The molecule has 0 atom stereocenters. The molecule has 0 fully saturated rings. The molecule has 104 valence electrons. The van der Waals surface area contributed by atoms with E-state index in [9.17, 15) is 8.42 Å². The second-order valence-electron chi connectivity index (χ2n) is 3.99. The molecular formula is C13H13N3O2S2. The van der Waals surface area contributed by atoms with Crippen LogP contribution < -0.4 is 10.0 Å². The molecule has 0 radical (unpaired) electrons. The summed E-state index contributed by atoms with van der Waals surface area (Å²) in [6.07, 6.45) is 0. The zero-order valence-corrected chi connectivity index (χ0v) is 12.4. The zero-order chi connectivity index (χ0) is 14.8. The van der Waals surface area contributed by atoms with E-state index in [1.807, 2.05) is 6.07 Å². The zero-order valence-electron chi connectivity index (χ0n) is 10.8. The van der Waals surface area contributed by atoms with Crippen molar-refractivity contribution in [2.24, 2.45) is 0 Å². The van der Waals surface area contributed by atoms with Crippen LogP contribution in [0.15, 0.2) is 40.6 Å². The molecule has 5 nitrogen and oxygen atoms in total. The molecule has 0 aliphatic carbocycles. The van der Waals surface area contributed by atoms with Gasteiger partial charge >= 0.3 is 0 Å². The molecule has 0 unspecified atom stereocenters. The van der Waals surface area contributed by atoms with E-state index in [0.29, 0.717) is 22.8 Å². The van der Waals surface area contributed by atoms with Crippen molar-refractivity contribution in [1.82, 2.24) is 0 Å². The van der Waals surface area contributed by atoms with Gasteiger partial charge in [-0.2, -0.15) is 5.26 Å². The highest BCUT2D eigenvalue weighted by Crippen LogP contribution is 2.28. The van der Waals surface area contributed by atoms with E-state index in [4.69, 9.17) is 11.0 Å². The van der Waals surface area contributed by atoms with Gasteiger partial charge in [0, 0.05) is 12.2 Å². The fraction of sp³-hybridized carbons (Fsp3) is 0.154. The lowest BCUT2D eigenvalue weighted by Crippen LogP contribution is -2.30. The first kappa shape index (κ1) is 14.4. The van der Waals surface area contributed by atoms with E-state index in [-0.39, 0.29) is 4.21 Å². The van der Waals surface area contributed by atoms with E-state index in [1.54, 1.807) is 31.2 Å². The molecule has 1 aromatic carbocycles. The average molecular weight is 307 g/mol. The minimum atomic E-state index is -3.65. The molecule has 1 aromatic heterocycles. The van der Waals surface area contributed by atoms with Gasteiger partial charge in [0.15, 0.2) is 0 Å². The molecule has 0 aliphatic heterocycles. The van der Waals surface area contributed by atoms with Crippen LogP contribution in [0.4, 0.5) is 11.4 Å². The number of thiophene rings is 1. The van der Waals surface area contributed by atoms with Gasteiger partial charge in [0.05, 0.1) is 5.69 Å². The van der Waals surface area contributed by atoms with Crippen molar-refractivity contribution in [2.45, 2.75) is 11.1 Å². The Hall–Kier alpha value is -2.04. The summed E-state index contributed by atoms with van der Waals surface area (Å²) < 4.78 is 26.6. The molecule has 0 aliphatic rings. The largest absolute Gasteiger partial charge is 0.399 e. The van der Waals surface area contributed by atoms with E-state index < -0.39 is 10.0 Å². The third-order valence-electron chi connectivity index (χ3n) is 2.70. The van der Waals surface area contributed by atoms with Gasteiger partial charge in [0.25, 0.3) is 10.0 Å². The highest BCUT2D eigenvalue weighted by molar-refractivity contribution is 7.94. The van der Waals surface area contributed by atoms with E-state index >= 15 is 0 Å². The lowest BCUT2D eigenvalue weighted by molar-refractivity contribution is 0.594. The summed E-state index contributed by atoms with van der Waals surface area (Å²) in [4.78, 5) is 0.372. The van der Waals surface area contributed by atoms with Crippen molar-refractivity contribution in [3.05, 3.63) is 41.3 Å². The second-order valence-corrected chi connectivity index (χ2v) is 7.16. The molecule has 20 heavy (non-hydrogen) atoms. The fourth-order valence-electron chi connectivity index (χ4n) is 1.76. The van der Waals surface area contributed by atoms with Crippen LogP contribution >= 0.6 is 11.3 Å². The number of nitrogens with two attached hydrogens (primary N) is 1. The molecular weight excluding hydrogens is 294 g/mol. The van der Waals surface area contributed by atoms with Crippen LogP contribution in [0.25, 0.3) is 0 Å². The summed E-state index contributed by atoms with van der Waals surface area (Å²) in [5, 5.41) is 8.80. The molecule has 0 spiro atoms. The molecule has 0 amide bonds. The van der Waals surface area contributed by atoms with Crippen LogP contribution in [-0.2, 0) is 10.0 Å². The Morgan fingerprint density at radius 2 is 1.90 bits per heavy atom. The van der Waals surface area contributed by atoms with Crippen LogP contribution in [0.1, 0.15) is 11.8 Å². The smallest absolute Gasteiger partial charge is 0.273 e. The van der Waals surface area contributed by atoms with Gasteiger partial charge in [-0.1, -0.05) is 0 Å². The highest BCUT2D eigenvalue weighted by Gasteiger charge is 2.25. The molecule has 0 saturated carbocycles. The Morgan fingerprint density at radius 3 is 2.40 bits per heavy atom.